The first-order valence-electron chi connectivity index (χ1n) is 6.57. The van der Waals surface area contributed by atoms with Gasteiger partial charge >= 0.3 is 0 Å². The van der Waals surface area contributed by atoms with Crippen molar-refractivity contribution in [3.8, 4) is 0 Å². The Hall–Kier alpha value is 0.270. The van der Waals surface area contributed by atoms with Crippen LogP contribution >= 0.6 is 12.6 Å². The molecule has 0 amide bonds. The van der Waals surface area contributed by atoms with Crippen LogP contribution < -0.4 is 0 Å². The Labute approximate surface area is 113 Å². The first-order chi connectivity index (χ1) is 7.68. The zero-order valence-electron chi connectivity index (χ0n) is 12.4. The van der Waals surface area contributed by atoms with Crippen LogP contribution in [0.3, 0.4) is 0 Å². The standard InChI is InChI=1S/C14H30O2S/c1-12(2)11-16-13(3,4)7-9-15-14(5,6)8-10-17/h12,17H,7-11H2,1-6H3. The van der Waals surface area contributed by atoms with Gasteiger partial charge in [0.2, 0.25) is 0 Å². The third kappa shape index (κ3) is 9.93. The highest BCUT2D eigenvalue weighted by Crippen LogP contribution is 2.20. The molecule has 0 radical (unpaired) electrons. The van der Waals surface area contributed by atoms with E-state index in [2.05, 4.69) is 54.2 Å². The Morgan fingerprint density at radius 1 is 0.941 bits per heavy atom. The molecule has 0 atom stereocenters. The highest BCUT2D eigenvalue weighted by Gasteiger charge is 2.22. The van der Waals surface area contributed by atoms with E-state index in [1.54, 1.807) is 0 Å². The highest BCUT2D eigenvalue weighted by molar-refractivity contribution is 7.80. The quantitative estimate of drug-likeness (QED) is 0.634. The van der Waals surface area contributed by atoms with Gasteiger partial charge in [0, 0.05) is 6.61 Å². The molecule has 104 valence electrons. The molecule has 0 saturated heterocycles. The minimum absolute atomic E-state index is 0.0735. The van der Waals surface area contributed by atoms with Crippen LogP contribution in [0.15, 0.2) is 0 Å². The molecule has 0 heterocycles. The summed E-state index contributed by atoms with van der Waals surface area (Å²) in [6.07, 6.45) is 1.90. The lowest BCUT2D eigenvalue weighted by atomic mass is 10.0. The Balaban J connectivity index is 3.85. The molecule has 17 heavy (non-hydrogen) atoms. The van der Waals surface area contributed by atoms with Gasteiger partial charge in [0.25, 0.3) is 0 Å². The summed E-state index contributed by atoms with van der Waals surface area (Å²) < 4.78 is 11.8. The number of hydrogen-bond acceptors (Lipinski definition) is 3. The minimum Gasteiger partial charge on any atom is -0.375 e. The number of thiol groups is 1. The van der Waals surface area contributed by atoms with Crippen LogP contribution in [0.1, 0.15) is 54.4 Å². The summed E-state index contributed by atoms with van der Waals surface area (Å²) in [4.78, 5) is 0. The molecule has 0 unspecified atom stereocenters. The molecule has 3 heteroatoms. The first-order valence-corrected chi connectivity index (χ1v) is 7.20. The highest BCUT2D eigenvalue weighted by atomic mass is 32.1. The molecule has 0 spiro atoms. The average molecular weight is 262 g/mol. The minimum atomic E-state index is -0.0959. The molecular weight excluding hydrogens is 232 g/mol. The van der Waals surface area contributed by atoms with Crippen molar-refractivity contribution in [3.63, 3.8) is 0 Å². The molecule has 0 N–H and O–H groups in total. The van der Waals surface area contributed by atoms with Crippen molar-refractivity contribution < 1.29 is 9.47 Å². The van der Waals surface area contributed by atoms with Gasteiger partial charge in [-0.25, -0.2) is 0 Å². The van der Waals surface area contributed by atoms with Gasteiger partial charge < -0.3 is 9.47 Å². The molecule has 0 saturated carbocycles. The van der Waals surface area contributed by atoms with Crippen molar-refractivity contribution >= 4 is 12.6 Å². The van der Waals surface area contributed by atoms with Crippen molar-refractivity contribution in [2.45, 2.75) is 65.6 Å². The zero-order valence-corrected chi connectivity index (χ0v) is 13.3. The largest absolute Gasteiger partial charge is 0.375 e. The maximum atomic E-state index is 5.88. The molecular formula is C14H30O2S. The van der Waals surface area contributed by atoms with E-state index in [1.807, 2.05) is 0 Å². The van der Waals surface area contributed by atoms with Crippen molar-refractivity contribution in [2.24, 2.45) is 5.92 Å². The van der Waals surface area contributed by atoms with Crippen molar-refractivity contribution in [1.29, 1.82) is 0 Å². The van der Waals surface area contributed by atoms with Crippen LogP contribution in [0.4, 0.5) is 0 Å². The molecule has 2 nitrogen and oxygen atoms in total. The van der Waals surface area contributed by atoms with E-state index < -0.39 is 0 Å². The Morgan fingerprint density at radius 2 is 1.47 bits per heavy atom. The fourth-order valence-corrected chi connectivity index (χ4v) is 1.92. The van der Waals surface area contributed by atoms with E-state index in [0.29, 0.717) is 5.92 Å². The van der Waals surface area contributed by atoms with Gasteiger partial charge in [0.1, 0.15) is 0 Å². The number of rotatable bonds is 9. The number of ether oxygens (including phenoxy) is 2. The zero-order chi connectivity index (χ0) is 13.5. The second-order valence-corrected chi connectivity index (χ2v) is 6.74. The van der Waals surface area contributed by atoms with Crippen LogP contribution in [-0.2, 0) is 9.47 Å². The van der Waals surface area contributed by atoms with Crippen LogP contribution in [0.2, 0.25) is 0 Å². The van der Waals surface area contributed by atoms with Gasteiger partial charge in [0.05, 0.1) is 17.8 Å². The summed E-state index contributed by atoms with van der Waals surface area (Å²) in [6.45, 7) is 14.4. The predicted octanol–water partition coefficient (Wildman–Crippen LogP) is 3.94. The fraction of sp³-hybridized carbons (Fsp3) is 1.00. The second-order valence-electron chi connectivity index (χ2n) is 6.30. The van der Waals surface area contributed by atoms with Crippen molar-refractivity contribution in [1.82, 2.24) is 0 Å². The summed E-state index contributed by atoms with van der Waals surface area (Å²) in [5.41, 5.74) is -0.169. The van der Waals surface area contributed by atoms with Crippen LogP contribution in [0, 0.1) is 5.92 Å². The third-order valence-electron chi connectivity index (χ3n) is 2.72. The SMILES string of the molecule is CC(C)COC(C)(C)CCOC(C)(C)CCS. The van der Waals surface area contributed by atoms with Crippen LogP contribution in [-0.4, -0.2) is 30.2 Å². The summed E-state index contributed by atoms with van der Waals surface area (Å²) in [7, 11) is 0. The van der Waals surface area contributed by atoms with Gasteiger partial charge in [-0.2, -0.15) is 12.6 Å². The average Bonchev–Trinajstić information content (AvgIpc) is 2.14. The maximum Gasteiger partial charge on any atom is 0.0648 e. The molecule has 0 aliphatic carbocycles. The summed E-state index contributed by atoms with van der Waals surface area (Å²) >= 11 is 4.24. The Morgan fingerprint density at radius 3 is 1.94 bits per heavy atom. The Kier molecular flexibility index (Phi) is 7.77. The molecule has 0 fully saturated rings. The molecule has 0 bridgehead atoms. The first kappa shape index (κ1) is 17.3. The molecule has 0 aromatic heterocycles. The van der Waals surface area contributed by atoms with Gasteiger partial charge in [-0.3, -0.25) is 0 Å². The molecule has 0 aromatic rings. The fourth-order valence-electron chi connectivity index (χ4n) is 1.38. The lowest BCUT2D eigenvalue weighted by Crippen LogP contribution is -2.32. The summed E-state index contributed by atoms with van der Waals surface area (Å²) in [5.74, 6) is 1.44. The predicted molar refractivity (Wildman–Crippen MR) is 78.0 cm³/mol. The van der Waals surface area contributed by atoms with Gasteiger partial charge in [-0.05, 0) is 52.2 Å². The van der Waals surface area contributed by atoms with Crippen molar-refractivity contribution in [3.05, 3.63) is 0 Å². The maximum absolute atomic E-state index is 5.88. The van der Waals surface area contributed by atoms with E-state index in [1.165, 1.54) is 0 Å². The summed E-state index contributed by atoms with van der Waals surface area (Å²) in [6, 6.07) is 0. The van der Waals surface area contributed by atoms with Crippen molar-refractivity contribution in [2.75, 3.05) is 19.0 Å². The molecule has 0 aliphatic heterocycles. The van der Waals surface area contributed by atoms with E-state index in [9.17, 15) is 0 Å². The van der Waals surface area contributed by atoms with Gasteiger partial charge in [-0.1, -0.05) is 13.8 Å². The van der Waals surface area contributed by atoms with E-state index >= 15 is 0 Å². The third-order valence-corrected chi connectivity index (χ3v) is 2.94. The molecule has 0 aromatic carbocycles. The molecule has 0 rings (SSSR count). The van der Waals surface area contributed by atoms with E-state index in [4.69, 9.17) is 9.47 Å². The molecule has 0 aliphatic rings. The van der Waals surface area contributed by atoms with Crippen LogP contribution in [0.5, 0.6) is 0 Å². The lowest BCUT2D eigenvalue weighted by Gasteiger charge is -2.30. The Bertz CT molecular complexity index is 200. The van der Waals surface area contributed by atoms with Gasteiger partial charge in [0.15, 0.2) is 0 Å². The monoisotopic (exact) mass is 262 g/mol. The summed E-state index contributed by atoms with van der Waals surface area (Å²) in [5, 5.41) is 0. The normalized spacial score (nSPS) is 13.4. The lowest BCUT2D eigenvalue weighted by molar-refractivity contribution is -0.0781. The topological polar surface area (TPSA) is 18.5 Å². The second kappa shape index (κ2) is 7.65. The van der Waals surface area contributed by atoms with Gasteiger partial charge in [-0.15, -0.1) is 0 Å². The van der Waals surface area contributed by atoms with E-state index in [0.717, 1.165) is 31.8 Å². The number of hydrogen-bond donors (Lipinski definition) is 1. The van der Waals surface area contributed by atoms with E-state index in [-0.39, 0.29) is 11.2 Å². The smallest absolute Gasteiger partial charge is 0.0648 e. The van der Waals surface area contributed by atoms with Crippen LogP contribution in [0.25, 0.3) is 0 Å².